The van der Waals surface area contributed by atoms with Crippen LogP contribution in [0.5, 0.6) is 0 Å². The van der Waals surface area contributed by atoms with E-state index in [1.54, 1.807) is 18.4 Å². The molecule has 42 heavy (non-hydrogen) atoms. The molecule has 2 N–H and O–H groups in total. The van der Waals surface area contributed by atoms with Gasteiger partial charge in [0.15, 0.2) is 5.82 Å². The van der Waals surface area contributed by atoms with Gasteiger partial charge in [-0.25, -0.2) is 9.78 Å². The summed E-state index contributed by atoms with van der Waals surface area (Å²) in [6.07, 6.45) is 3.11. The van der Waals surface area contributed by atoms with Crippen LogP contribution in [0.25, 0.3) is 28.2 Å². The van der Waals surface area contributed by atoms with Crippen molar-refractivity contribution in [2.45, 2.75) is 59.0 Å². The molecule has 0 aliphatic rings. The molecule has 0 saturated carbocycles. The van der Waals surface area contributed by atoms with Gasteiger partial charge in [0, 0.05) is 17.5 Å². The van der Waals surface area contributed by atoms with Gasteiger partial charge in [-0.05, 0) is 68.0 Å². The minimum absolute atomic E-state index is 0. The maximum absolute atomic E-state index is 14.0. The SMILES string of the molecule is CCCCc1nc(C)n(-c2cccc(C(C)(C)O)c2)c(=O)c1Cc1ccc(-c2ccccc2-c2noc(=O)[nH]2)cc1.[KH]. The molecule has 0 saturated heterocycles. The van der Waals surface area contributed by atoms with Crippen molar-refractivity contribution in [2.24, 2.45) is 0 Å². The molecule has 5 aromatic rings. The average molecular weight is 591 g/mol. The van der Waals surface area contributed by atoms with Gasteiger partial charge in [0.2, 0.25) is 0 Å². The molecule has 2 heterocycles. The summed E-state index contributed by atoms with van der Waals surface area (Å²) in [5, 5.41) is 14.4. The second kappa shape index (κ2) is 13.6. The summed E-state index contributed by atoms with van der Waals surface area (Å²) in [4.78, 5) is 33.1. The Labute approximate surface area is 287 Å². The van der Waals surface area contributed by atoms with Crippen molar-refractivity contribution in [1.82, 2.24) is 19.7 Å². The number of aromatic amines is 1. The molecule has 9 heteroatoms. The molecule has 0 aliphatic heterocycles. The van der Waals surface area contributed by atoms with E-state index in [0.717, 1.165) is 52.8 Å². The molecule has 5 rings (SSSR count). The monoisotopic (exact) mass is 590 g/mol. The zero-order valence-electron chi connectivity index (χ0n) is 23.8. The number of nitrogens with one attached hydrogen (secondary N) is 1. The summed E-state index contributed by atoms with van der Waals surface area (Å²) in [5.74, 6) is 0.388. The van der Waals surface area contributed by atoms with Crippen LogP contribution < -0.4 is 11.3 Å². The first-order valence-electron chi connectivity index (χ1n) is 13.8. The predicted octanol–water partition coefficient (Wildman–Crippen LogP) is 5.06. The van der Waals surface area contributed by atoms with Gasteiger partial charge in [-0.3, -0.25) is 18.9 Å². The van der Waals surface area contributed by atoms with Crippen LogP contribution in [0, 0.1) is 6.92 Å². The molecule has 2 aromatic heterocycles. The van der Waals surface area contributed by atoms with Crippen LogP contribution in [0.2, 0.25) is 0 Å². The molecular formula is C33H35KN4O4. The number of hydrogen-bond donors (Lipinski definition) is 2. The van der Waals surface area contributed by atoms with Gasteiger partial charge in [-0.2, -0.15) is 0 Å². The summed E-state index contributed by atoms with van der Waals surface area (Å²) in [6, 6.07) is 23.1. The molecular weight excluding hydrogens is 555 g/mol. The molecule has 3 aromatic carbocycles. The van der Waals surface area contributed by atoms with Gasteiger partial charge in [0.25, 0.3) is 5.56 Å². The van der Waals surface area contributed by atoms with E-state index >= 15 is 0 Å². The Balaban J connectivity index is 0.00000405. The van der Waals surface area contributed by atoms with Crippen LogP contribution in [0.15, 0.2) is 86.9 Å². The third-order valence-electron chi connectivity index (χ3n) is 7.28. The van der Waals surface area contributed by atoms with Crippen LogP contribution in [-0.4, -0.2) is 76.2 Å². The van der Waals surface area contributed by atoms with Crippen molar-refractivity contribution in [3.8, 4) is 28.2 Å². The Morgan fingerprint density at radius 2 is 1.69 bits per heavy atom. The van der Waals surface area contributed by atoms with Crippen molar-refractivity contribution in [3.05, 3.63) is 122 Å². The topological polar surface area (TPSA) is 114 Å². The Kier molecular flexibility index (Phi) is 10.3. The van der Waals surface area contributed by atoms with Crippen molar-refractivity contribution >= 4 is 51.4 Å². The zero-order valence-corrected chi connectivity index (χ0v) is 23.8. The van der Waals surface area contributed by atoms with E-state index in [4.69, 9.17) is 9.51 Å². The first-order valence-corrected chi connectivity index (χ1v) is 13.8. The van der Waals surface area contributed by atoms with Crippen molar-refractivity contribution in [3.63, 3.8) is 0 Å². The number of unbranched alkanes of at least 4 members (excludes halogenated alkanes) is 1. The van der Waals surface area contributed by atoms with E-state index in [0.29, 0.717) is 29.3 Å². The Hall–Kier alpha value is -2.92. The van der Waals surface area contributed by atoms with Gasteiger partial charge in [-0.15, -0.1) is 0 Å². The number of hydrogen-bond acceptors (Lipinski definition) is 6. The van der Waals surface area contributed by atoms with E-state index in [2.05, 4.69) is 17.1 Å². The summed E-state index contributed by atoms with van der Waals surface area (Å²) in [5.41, 5.74) is 5.37. The summed E-state index contributed by atoms with van der Waals surface area (Å²) in [7, 11) is 0. The summed E-state index contributed by atoms with van der Waals surface area (Å²) >= 11 is 0. The molecule has 0 amide bonds. The number of aromatic nitrogens is 4. The molecule has 0 bridgehead atoms. The van der Waals surface area contributed by atoms with E-state index in [-0.39, 0.29) is 56.9 Å². The standard InChI is InChI=1S/C33H34N4O4.K.H/c1-5-6-14-29-28(31(38)37(21(2)34-29)25-11-9-10-24(20-25)33(3,4)40)19-22-15-17-23(18-16-22)26-12-7-8-13-27(26)30-35-32(39)41-36-30;;/h7-13,15-18,20,40H,5-6,14,19H2,1-4H3,(H,35,36,39);;. The number of H-pyrrole nitrogens is 1. The fourth-order valence-corrected chi connectivity index (χ4v) is 5.07. The summed E-state index contributed by atoms with van der Waals surface area (Å²) < 4.78 is 6.35. The van der Waals surface area contributed by atoms with E-state index in [1.165, 1.54) is 0 Å². The van der Waals surface area contributed by atoms with E-state index in [1.807, 2.05) is 79.7 Å². The number of rotatable bonds is 9. The first-order chi connectivity index (χ1) is 19.7. The number of aryl methyl sites for hydroxylation is 2. The van der Waals surface area contributed by atoms with Gasteiger partial charge in [0.1, 0.15) is 5.82 Å². The number of nitrogens with zero attached hydrogens (tertiary/aromatic N) is 3. The third-order valence-corrected chi connectivity index (χ3v) is 7.28. The van der Waals surface area contributed by atoms with Crippen LogP contribution in [0.1, 0.15) is 61.8 Å². The fraction of sp³-hybridized carbons (Fsp3) is 0.273. The molecule has 0 radical (unpaired) electrons. The van der Waals surface area contributed by atoms with Crippen LogP contribution in [-0.2, 0) is 18.4 Å². The molecule has 0 atom stereocenters. The number of benzene rings is 3. The maximum atomic E-state index is 14.0. The van der Waals surface area contributed by atoms with Crippen molar-refractivity contribution < 1.29 is 9.63 Å². The Morgan fingerprint density at radius 1 is 0.976 bits per heavy atom. The molecule has 0 fully saturated rings. The molecule has 0 unspecified atom stereocenters. The fourth-order valence-electron chi connectivity index (χ4n) is 5.07. The van der Waals surface area contributed by atoms with Crippen LogP contribution >= 0.6 is 0 Å². The Bertz CT molecular complexity index is 1800. The predicted molar refractivity (Wildman–Crippen MR) is 166 cm³/mol. The molecule has 0 aliphatic carbocycles. The zero-order chi connectivity index (χ0) is 29.1. The Morgan fingerprint density at radius 3 is 2.33 bits per heavy atom. The summed E-state index contributed by atoms with van der Waals surface area (Å²) in [6.45, 7) is 7.44. The van der Waals surface area contributed by atoms with Gasteiger partial charge < -0.3 is 5.11 Å². The number of aliphatic hydroxyl groups is 1. The molecule has 8 nitrogen and oxygen atoms in total. The minimum atomic E-state index is -1.03. The van der Waals surface area contributed by atoms with Crippen LogP contribution in [0.4, 0.5) is 0 Å². The van der Waals surface area contributed by atoms with Gasteiger partial charge in [0.05, 0.1) is 17.0 Å². The quantitative estimate of drug-likeness (QED) is 0.232. The van der Waals surface area contributed by atoms with Crippen molar-refractivity contribution in [1.29, 1.82) is 0 Å². The van der Waals surface area contributed by atoms with Crippen LogP contribution in [0.3, 0.4) is 0 Å². The molecule has 212 valence electrons. The normalized spacial score (nSPS) is 11.4. The third kappa shape index (κ3) is 6.99. The van der Waals surface area contributed by atoms with Gasteiger partial charge in [-0.1, -0.05) is 79.2 Å². The van der Waals surface area contributed by atoms with E-state index in [9.17, 15) is 14.7 Å². The van der Waals surface area contributed by atoms with Crippen molar-refractivity contribution in [2.75, 3.05) is 0 Å². The van der Waals surface area contributed by atoms with E-state index < -0.39 is 11.4 Å². The second-order valence-electron chi connectivity index (χ2n) is 10.8. The van der Waals surface area contributed by atoms with Gasteiger partial charge >= 0.3 is 57.1 Å². The average Bonchev–Trinajstić information content (AvgIpc) is 3.40. The second-order valence-corrected chi connectivity index (χ2v) is 10.8. The first kappa shape index (κ1) is 32.0. The molecule has 0 spiro atoms.